The molecular formula is C19H18N2. The maximum absolute atomic E-state index is 4.64. The number of hydrogen-bond acceptors (Lipinski definition) is 2. The molecule has 21 heavy (non-hydrogen) atoms. The van der Waals surface area contributed by atoms with E-state index in [0.29, 0.717) is 5.92 Å². The van der Waals surface area contributed by atoms with Gasteiger partial charge in [0.1, 0.15) is 0 Å². The summed E-state index contributed by atoms with van der Waals surface area (Å²) in [5, 5.41) is 1.21. The molecule has 0 aliphatic heterocycles. The van der Waals surface area contributed by atoms with Gasteiger partial charge in [0.25, 0.3) is 0 Å². The normalized spacial score (nSPS) is 14.6. The van der Waals surface area contributed by atoms with Crippen molar-refractivity contribution in [1.29, 1.82) is 0 Å². The summed E-state index contributed by atoms with van der Waals surface area (Å²) in [5.74, 6) is 0.707. The van der Waals surface area contributed by atoms with Crippen LogP contribution < -0.4 is 0 Å². The van der Waals surface area contributed by atoms with Crippen LogP contribution in [0.5, 0.6) is 0 Å². The summed E-state index contributed by atoms with van der Waals surface area (Å²) >= 11 is 0. The van der Waals surface area contributed by atoms with E-state index in [1.807, 2.05) is 12.4 Å². The van der Waals surface area contributed by atoms with Gasteiger partial charge >= 0.3 is 0 Å². The number of fused-ring (bicyclic) bond motifs is 1. The van der Waals surface area contributed by atoms with Gasteiger partial charge in [0, 0.05) is 35.0 Å². The fraction of sp³-hybridized carbons (Fsp3) is 0.263. The van der Waals surface area contributed by atoms with Gasteiger partial charge in [-0.1, -0.05) is 18.2 Å². The van der Waals surface area contributed by atoms with Crippen molar-refractivity contribution in [3.05, 3.63) is 59.5 Å². The smallest absolute Gasteiger partial charge is 0.0739 e. The van der Waals surface area contributed by atoms with Gasteiger partial charge in [-0.3, -0.25) is 9.97 Å². The summed E-state index contributed by atoms with van der Waals surface area (Å²) < 4.78 is 0. The Kier molecular flexibility index (Phi) is 2.78. The van der Waals surface area contributed by atoms with E-state index in [1.165, 1.54) is 46.2 Å². The highest BCUT2D eigenvalue weighted by molar-refractivity contribution is 5.96. The first-order valence-corrected chi connectivity index (χ1v) is 7.55. The molecule has 0 radical (unpaired) electrons. The lowest BCUT2D eigenvalue weighted by molar-refractivity contribution is 1.02. The fourth-order valence-corrected chi connectivity index (χ4v) is 2.90. The van der Waals surface area contributed by atoms with Crippen LogP contribution >= 0.6 is 0 Å². The predicted molar refractivity (Wildman–Crippen MR) is 86.4 cm³/mol. The minimum Gasteiger partial charge on any atom is -0.260 e. The quantitative estimate of drug-likeness (QED) is 0.671. The Balaban J connectivity index is 1.87. The van der Waals surface area contributed by atoms with Crippen LogP contribution in [0.1, 0.15) is 35.6 Å². The zero-order valence-corrected chi connectivity index (χ0v) is 12.4. The Labute approximate surface area is 124 Å². The zero-order chi connectivity index (χ0) is 14.4. The van der Waals surface area contributed by atoms with E-state index in [2.05, 4.69) is 54.1 Å². The molecular weight excluding hydrogens is 256 g/mol. The molecule has 0 atom stereocenters. The summed E-state index contributed by atoms with van der Waals surface area (Å²) in [6.07, 6.45) is 6.50. The molecule has 1 aliphatic rings. The van der Waals surface area contributed by atoms with E-state index < -0.39 is 0 Å². The highest BCUT2D eigenvalue weighted by Crippen LogP contribution is 2.39. The molecule has 2 aromatic heterocycles. The summed E-state index contributed by atoms with van der Waals surface area (Å²) in [5.41, 5.74) is 7.28. The van der Waals surface area contributed by atoms with E-state index in [4.69, 9.17) is 0 Å². The second-order valence-electron chi connectivity index (χ2n) is 6.01. The van der Waals surface area contributed by atoms with Gasteiger partial charge < -0.3 is 0 Å². The molecule has 2 heteroatoms. The van der Waals surface area contributed by atoms with E-state index >= 15 is 0 Å². The van der Waals surface area contributed by atoms with Crippen molar-refractivity contribution in [2.24, 2.45) is 0 Å². The number of rotatable bonds is 2. The molecule has 1 fully saturated rings. The standard InChI is InChI=1S/C19H18N2/c1-12-3-7-17-16(9-10-20-19(17)13(12)2)15-6-8-18(21-11-15)14-4-5-14/h3,6-11,14H,4-5H2,1-2H3. The largest absolute Gasteiger partial charge is 0.260 e. The average Bonchev–Trinajstić information content (AvgIpc) is 3.36. The first kappa shape index (κ1) is 12.5. The molecule has 1 aliphatic carbocycles. The van der Waals surface area contributed by atoms with E-state index in [9.17, 15) is 0 Å². The van der Waals surface area contributed by atoms with Gasteiger partial charge in [-0.2, -0.15) is 0 Å². The van der Waals surface area contributed by atoms with E-state index in [1.54, 1.807) is 0 Å². The highest BCUT2D eigenvalue weighted by Gasteiger charge is 2.24. The number of benzene rings is 1. The van der Waals surface area contributed by atoms with Crippen LogP contribution in [0.25, 0.3) is 22.0 Å². The third kappa shape index (κ3) is 2.11. The van der Waals surface area contributed by atoms with Crippen LogP contribution in [0.4, 0.5) is 0 Å². The molecule has 0 unspecified atom stereocenters. The molecule has 0 bridgehead atoms. The summed E-state index contributed by atoms with van der Waals surface area (Å²) in [6, 6.07) is 10.8. The predicted octanol–water partition coefficient (Wildman–Crippen LogP) is 4.79. The van der Waals surface area contributed by atoms with Crippen LogP contribution in [-0.4, -0.2) is 9.97 Å². The first-order valence-electron chi connectivity index (χ1n) is 7.55. The molecule has 0 N–H and O–H groups in total. The molecule has 2 heterocycles. The van der Waals surface area contributed by atoms with Gasteiger partial charge in [0.2, 0.25) is 0 Å². The summed E-state index contributed by atoms with van der Waals surface area (Å²) in [6.45, 7) is 4.28. The SMILES string of the molecule is Cc1ccc2c(-c3ccc(C4CC4)nc3)ccnc2c1C. The van der Waals surface area contributed by atoms with Crippen molar-refractivity contribution in [2.75, 3.05) is 0 Å². The van der Waals surface area contributed by atoms with Crippen LogP contribution in [0.3, 0.4) is 0 Å². The van der Waals surface area contributed by atoms with Gasteiger partial charge in [-0.25, -0.2) is 0 Å². The third-order valence-corrected chi connectivity index (χ3v) is 4.53. The van der Waals surface area contributed by atoms with Crippen LogP contribution in [0.15, 0.2) is 42.7 Å². The third-order valence-electron chi connectivity index (χ3n) is 4.53. The lowest BCUT2D eigenvalue weighted by atomic mass is 9.98. The summed E-state index contributed by atoms with van der Waals surface area (Å²) in [4.78, 5) is 9.21. The number of nitrogens with zero attached hydrogens (tertiary/aromatic N) is 2. The van der Waals surface area contributed by atoms with Crippen molar-refractivity contribution in [3.8, 4) is 11.1 Å². The first-order chi connectivity index (χ1) is 10.2. The Morgan fingerprint density at radius 1 is 0.952 bits per heavy atom. The second-order valence-corrected chi connectivity index (χ2v) is 6.01. The van der Waals surface area contributed by atoms with Crippen molar-refractivity contribution in [1.82, 2.24) is 9.97 Å². The minimum absolute atomic E-state index is 0.707. The molecule has 104 valence electrons. The van der Waals surface area contributed by atoms with Crippen molar-refractivity contribution >= 4 is 10.9 Å². The summed E-state index contributed by atoms with van der Waals surface area (Å²) in [7, 11) is 0. The minimum atomic E-state index is 0.707. The Hall–Kier alpha value is -2.22. The number of hydrogen-bond donors (Lipinski definition) is 0. The molecule has 1 saturated carbocycles. The molecule has 3 aromatic rings. The van der Waals surface area contributed by atoms with Crippen LogP contribution in [0.2, 0.25) is 0 Å². The van der Waals surface area contributed by atoms with Crippen molar-refractivity contribution < 1.29 is 0 Å². The Bertz CT molecular complexity index is 815. The Morgan fingerprint density at radius 3 is 2.52 bits per heavy atom. The monoisotopic (exact) mass is 274 g/mol. The molecule has 0 saturated heterocycles. The number of aryl methyl sites for hydroxylation is 2. The number of pyridine rings is 2. The molecule has 4 rings (SSSR count). The lowest BCUT2D eigenvalue weighted by Crippen LogP contribution is -1.91. The second kappa shape index (κ2) is 4.66. The van der Waals surface area contributed by atoms with Crippen LogP contribution in [0, 0.1) is 13.8 Å². The topological polar surface area (TPSA) is 25.8 Å². The molecule has 1 aromatic carbocycles. The lowest BCUT2D eigenvalue weighted by Gasteiger charge is -2.10. The van der Waals surface area contributed by atoms with Gasteiger partial charge in [-0.15, -0.1) is 0 Å². The number of aromatic nitrogens is 2. The van der Waals surface area contributed by atoms with Gasteiger partial charge in [-0.05, 0) is 55.5 Å². The van der Waals surface area contributed by atoms with Crippen LogP contribution in [-0.2, 0) is 0 Å². The maximum atomic E-state index is 4.64. The molecule has 0 spiro atoms. The van der Waals surface area contributed by atoms with Gasteiger partial charge in [0.05, 0.1) is 5.52 Å². The fourth-order valence-electron chi connectivity index (χ4n) is 2.90. The highest BCUT2D eigenvalue weighted by atomic mass is 14.7. The zero-order valence-electron chi connectivity index (χ0n) is 12.4. The average molecular weight is 274 g/mol. The van der Waals surface area contributed by atoms with E-state index in [-0.39, 0.29) is 0 Å². The molecule has 0 amide bonds. The van der Waals surface area contributed by atoms with Gasteiger partial charge in [0.15, 0.2) is 0 Å². The Morgan fingerprint density at radius 2 is 1.81 bits per heavy atom. The van der Waals surface area contributed by atoms with Crippen molar-refractivity contribution in [3.63, 3.8) is 0 Å². The van der Waals surface area contributed by atoms with Crippen molar-refractivity contribution in [2.45, 2.75) is 32.6 Å². The maximum Gasteiger partial charge on any atom is 0.0739 e. The molecule has 2 nitrogen and oxygen atoms in total. The van der Waals surface area contributed by atoms with E-state index in [0.717, 1.165) is 5.52 Å².